The third-order valence-electron chi connectivity index (χ3n) is 8.25. The number of rotatable bonds is 0. The van der Waals surface area contributed by atoms with E-state index in [-0.39, 0.29) is 0 Å². The second kappa shape index (κ2) is 7.96. The first-order valence-corrected chi connectivity index (χ1v) is 16.7. The Morgan fingerprint density at radius 2 is 0.762 bits per heavy atom. The molecule has 4 aromatic carbocycles. The Morgan fingerprint density at radius 1 is 0.405 bits per heavy atom. The minimum atomic E-state index is -4.35. The van der Waals surface area contributed by atoms with Gasteiger partial charge in [0.25, 0.3) is 0 Å². The predicted octanol–water partition coefficient (Wildman–Crippen LogP) is 4.89. The average molecular weight is 601 g/mol. The van der Waals surface area contributed by atoms with Gasteiger partial charge in [-0.1, -0.05) is 0 Å². The Kier molecular flexibility index (Phi) is 4.26. The molecule has 4 aliphatic heterocycles. The molecule has 0 saturated heterocycles. The second-order valence-electron chi connectivity index (χ2n) is 10.5. The average Bonchev–Trinajstić information content (AvgIpc) is 3.74. The summed E-state index contributed by atoms with van der Waals surface area (Å²) in [5.74, 6) is 3.04. The molecule has 8 nitrogen and oxygen atoms in total. The van der Waals surface area contributed by atoms with Crippen LogP contribution in [0.15, 0.2) is 127 Å². The van der Waals surface area contributed by atoms with Crippen molar-refractivity contribution in [2.75, 3.05) is 0 Å². The Morgan fingerprint density at radius 3 is 1.19 bits per heavy atom. The number of hydrogen-bond donors (Lipinski definition) is 0. The summed E-state index contributed by atoms with van der Waals surface area (Å²) in [6.07, 6.45) is 0. The summed E-state index contributed by atoms with van der Waals surface area (Å²) in [6, 6.07) is 31.5. The first kappa shape index (κ1) is 22.5. The van der Waals surface area contributed by atoms with Gasteiger partial charge in [-0.15, -0.1) is 0 Å². The van der Waals surface area contributed by atoms with Gasteiger partial charge in [-0.2, -0.15) is 0 Å². The maximum absolute atomic E-state index is 17.8. The monoisotopic (exact) mass is 600 g/mol. The zero-order valence-electron chi connectivity index (χ0n) is 21.8. The first-order valence-electron chi connectivity index (χ1n) is 13.6. The number of aromatic nitrogens is 2. The van der Waals surface area contributed by atoms with Gasteiger partial charge >= 0.3 is 244 Å². The molecule has 4 aliphatic rings. The molecule has 10 heteroatoms. The Bertz CT molecular complexity index is 2330. The van der Waals surface area contributed by atoms with E-state index in [1.54, 1.807) is 6.55 Å². The van der Waals surface area contributed by atoms with Gasteiger partial charge in [-0.3, -0.25) is 0 Å². The van der Waals surface area contributed by atoms with Crippen molar-refractivity contribution in [1.82, 2.24) is 6.55 Å². The zero-order chi connectivity index (χ0) is 27.5. The third-order valence-corrected chi connectivity index (χ3v) is 12.1. The van der Waals surface area contributed by atoms with Crippen LogP contribution in [0.3, 0.4) is 0 Å². The molecule has 0 amide bonds. The van der Waals surface area contributed by atoms with Gasteiger partial charge in [-0.25, -0.2) is 0 Å². The number of nitrogens with zero attached hydrogens (tertiary/aromatic N) is 8. The molecule has 10 rings (SSSR count). The van der Waals surface area contributed by atoms with E-state index < -0.39 is 17.2 Å². The standard InChI is InChI=1S/C32H16N8.FH.Ga/c1-2-10-18-17(9-1)25-33-26(18)38-28-21-13-5-6-14-22(21)30(35-28)40-32-24-16-8-7-15-23(24)31(36-32)39-29-20-12-4-3-11-19(20)27(34-29)37-25;;/h1-16H;1H;/q-2;;+3/p-1. The molecule has 0 saturated carbocycles. The Labute approximate surface area is 243 Å². The van der Waals surface area contributed by atoms with Gasteiger partial charge in [0.2, 0.25) is 0 Å². The van der Waals surface area contributed by atoms with E-state index in [1.165, 1.54) is 0 Å². The van der Waals surface area contributed by atoms with Crippen LogP contribution in [-0.4, -0.2) is 47.1 Å². The van der Waals surface area contributed by atoms with Crippen LogP contribution < -0.4 is 11.0 Å². The molecule has 0 atom stereocenters. The predicted molar refractivity (Wildman–Crippen MR) is 162 cm³/mol. The van der Waals surface area contributed by atoms with Crippen molar-refractivity contribution >= 4 is 73.7 Å². The SMILES string of the molecule is [F][Ga]1[n]2c3c4ccccc4c2N=C2N=C(N=c4c5ccccc5c([n]41)=NC1=NC(=N3)c3ccccc31)c1ccccc12. The van der Waals surface area contributed by atoms with E-state index in [1.807, 2.05) is 97.1 Å². The van der Waals surface area contributed by atoms with Gasteiger partial charge in [0.05, 0.1) is 0 Å². The molecule has 0 N–H and O–H groups in total. The van der Waals surface area contributed by atoms with Crippen LogP contribution in [0.25, 0.3) is 21.5 Å². The molecule has 42 heavy (non-hydrogen) atoms. The van der Waals surface area contributed by atoms with Crippen molar-refractivity contribution in [3.8, 4) is 0 Å². The number of aliphatic imine (C=N–C) groups is 4. The Balaban J connectivity index is 1.50. The van der Waals surface area contributed by atoms with E-state index in [0.717, 1.165) is 43.8 Å². The van der Waals surface area contributed by atoms with Gasteiger partial charge < -0.3 is 0 Å². The molecule has 0 radical (unpaired) electrons. The number of benzene rings is 4. The van der Waals surface area contributed by atoms with Crippen molar-refractivity contribution < 1.29 is 3.29 Å². The fourth-order valence-electron chi connectivity index (χ4n) is 6.37. The molecule has 0 spiro atoms. The summed E-state index contributed by atoms with van der Waals surface area (Å²) >= 11 is -4.35. The molecule has 6 heterocycles. The van der Waals surface area contributed by atoms with Crippen molar-refractivity contribution in [2.24, 2.45) is 30.0 Å². The molecule has 0 unspecified atom stereocenters. The molecule has 6 aromatic rings. The second-order valence-corrected chi connectivity index (χ2v) is 14.0. The van der Waals surface area contributed by atoms with Gasteiger partial charge in [-0.05, 0) is 0 Å². The summed E-state index contributed by atoms with van der Waals surface area (Å²) in [5, 5.41) is 3.23. The molecular formula is C32H16FGaN8. The third kappa shape index (κ3) is 2.82. The minimum absolute atomic E-state index is 0.500. The zero-order valence-corrected chi connectivity index (χ0v) is 24.2. The summed E-state index contributed by atoms with van der Waals surface area (Å²) in [7, 11) is 0. The van der Waals surface area contributed by atoms with Gasteiger partial charge in [0, 0.05) is 0 Å². The van der Waals surface area contributed by atoms with Crippen molar-refractivity contribution in [1.29, 1.82) is 0 Å². The molecular weight excluding hydrogens is 585 g/mol. The van der Waals surface area contributed by atoms with Gasteiger partial charge in [0.1, 0.15) is 0 Å². The summed E-state index contributed by atoms with van der Waals surface area (Å²) in [6.45, 7) is 0. The molecule has 0 fully saturated rings. The van der Waals surface area contributed by atoms with Crippen LogP contribution in [0.1, 0.15) is 22.3 Å². The van der Waals surface area contributed by atoms with E-state index >= 15 is 3.29 Å². The van der Waals surface area contributed by atoms with Crippen LogP contribution >= 0.6 is 0 Å². The van der Waals surface area contributed by atoms with Crippen LogP contribution in [0.4, 0.5) is 14.9 Å². The molecule has 6 bridgehead atoms. The van der Waals surface area contributed by atoms with Crippen LogP contribution in [0, 0.1) is 0 Å². The summed E-state index contributed by atoms with van der Waals surface area (Å²) in [5.41, 5.74) is 4.45. The van der Waals surface area contributed by atoms with Crippen molar-refractivity contribution in [3.63, 3.8) is 0 Å². The Hall–Kier alpha value is -5.19. The van der Waals surface area contributed by atoms with E-state index in [9.17, 15) is 0 Å². The summed E-state index contributed by atoms with van der Waals surface area (Å²) < 4.78 is 21.3. The normalized spacial score (nSPS) is 15.7. The fourth-order valence-corrected chi connectivity index (χ4v) is 10.2. The first-order chi connectivity index (χ1) is 20.7. The number of amidine groups is 4. The molecule has 2 aromatic heterocycles. The van der Waals surface area contributed by atoms with Crippen LogP contribution in [0.5, 0.6) is 0 Å². The number of fused-ring (bicyclic) bond motifs is 14. The van der Waals surface area contributed by atoms with E-state index in [2.05, 4.69) is 0 Å². The van der Waals surface area contributed by atoms with Crippen molar-refractivity contribution in [3.05, 3.63) is 130 Å². The van der Waals surface area contributed by atoms with Gasteiger partial charge in [0.15, 0.2) is 0 Å². The van der Waals surface area contributed by atoms with Crippen molar-refractivity contribution in [2.45, 2.75) is 0 Å². The quantitative estimate of drug-likeness (QED) is 0.222. The maximum atomic E-state index is 17.8. The molecule has 194 valence electrons. The topological polar surface area (TPSA) is 84.0 Å². The van der Waals surface area contributed by atoms with Crippen LogP contribution in [-0.2, 0) is 0 Å². The van der Waals surface area contributed by atoms with E-state index in [4.69, 9.17) is 30.0 Å². The number of halogens is 1. The number of hydrogen-bond acceptors (Lipinski definition) is 6. The fraction of sp³-hybridized carbons (Fsp3) is 0. The van der Waals surface area contributed by atoms with Crippen LogP contribution in [0.2, 0.25) is 0 Å². The summed E-state index contributed by atoms with van der Waals surface area (Å²) in [4.78, 5) is 30.1. The molecule has 0 aliphatic carbocycles. The van der Waals surface area contributed by atoms with E-state index in [0.29, 0.717) is 46.0 Å².